The zero-order valence-electron chi connectivity index (χ0n) is 12.8. The average molecular weight is 320 g/mol. The maximum Gasteiger partial charge on any atom is 0.336 e. The number of aromatic carboxylic acids is 2. The summed E-state index contributed by atoms with van der Waals surface area (Å²) in [6, 6.07) is 4.49. The molecule has 0 heterocycles. The molecule has 0 aromatic heterocycles. The minimum Gasteiger partial charge on any atom is -0.478 e. The predicted molar refractivity (Wildman–Crippen MR) is 83.7 cm³/mol. The van der Waals surface area contributed by atoms with Crippen LogP contribution in [0, 0.1) is 0 Å². The molecule has 0 aliphatic heterocycles. The first-order chi connectivity index (χ1) is 11.0. The lowest BCUT2D eigenvalue weighted by Crippen LogP contribution is -2.11. The zero-order chi connectivity index (χ0) is 17.2. The van der Waals surface area contributed by atoms with Crippen LogP contribution in [0.4, 0.5) is 0 Å². The van der Waals surface area contributed by atoms with Gasteiger partial charge in [0.25, 0.3) is 0 Å². The molecule has 0 unspecified atom stereocenters. The Labute approximate surface area is 134 Å². The van der Waals surface area contributed by atoms with Crippen LogP contribution in [0.15, 0.2) is 30.9 Å². The third kappa shape index (κ3) is 5.94. The summed E-state index contributed by atoms with van der Waals surface area (Å²) in [7, 11) is 0. The summed E-state index contributed by atoms with van der Waals surface area (Å²) in [5, 5.41) is 18.3. The highest BCUT2D eigenvalue weighted by atomic mass is 16.5. The summed E-state index contributed by atoms with van der Waals surface area (Å²) >= 11 is 0. The van der Waals surface area contributed by atoms with Crippen molar-refractivity contribution in [1.29, 1.82) is 0 Å². The monoisotopic (exact) mass is 320 g/mol. The molecule has 0 saturated carbocycles. The molecule has 0 atom stereocenters. The first-order valence-electron chi connectivity index (χ1n) is 7.35. The van der Waals surface area contributed by atoms with Crippen molar-refractivity contribution in [3.05, 3.63) is 47.5 Å². The molecule has 0 fully saturated rings. The second-order valence-electron chi connectivity index (χ2n) is 4.99. The zero-order valence-corrected chi connectivity index (χ0v) is 12.8. The Morgan fingerprint density at radius 1 is 1.04 bits per heavy atom. The van der Waals surface area contributed by atoms with Crippen molar-refractivity contribution in [2.24, 2.45) is 0 Å². The highest BCUT2D eigenvalue weighted by Crippen LogP contribution is 2.18. The minimum absolute atomic E-state index is 0.139. The van der Waals surface area contributed by atoms with Gasteiger partial charge in [0.2, 0.25) is 0 Å². The normalized spacial score (nSPS) is 10.1. The average Bonchev–Trinajstić information content (AvgIpc) is 2.52. The Morgan fingerprint density at radius 3 is 2.35 bits per heavy atom. The van der Waals surface area contributed by atoms with Gasteiger partial charge in [-0.2, -0.15) is 0 Å². The molecule has 0 radical (unpaired) electrons. The van der Waals surface area contributed by atoms with E-state index in [1.54, 1.807) is 12.1 Å². The lowest BCUT2D eigenvalue weighted by atomic mass is 9.96. The molecule has 0 spiro atoms. The summed E-state index contributed by atoms with van der Waals surface area (Å²) in [6.45, 7) is 3.63. The van der Waals surface area contributed by atoms with Crippen molar-refractivity contribution < 1.29 is 29.3 Å². The standard InChI is InChI=1S/C17H20O6/c1-2-14(18)23-11-6-4-3-5-8-12-9-7-10-13(16(19)20)15(12)17(21)22/h2,7,9-10H,1,3-6,8,11H2,(H,19,20)(H,21,22). The largest absolute Gasteiger partial charge is 0.478 e. The summed E-state index contributed by atoms with van der Waals surface area (Å²) < 4.78 is 4.85. The number of ether oxygens (including phenoxy) is 1. The second kappa shape index (κ2) is 9.40. The smallest absolute Gasteiger partial charge is 0.336 e. The van der Waals surface area contributed by atoms with Gasteiger partial charge in [-0.25, -0.2) is 14.4 Å². The van der Waals surface area contributed by atoms with E-state index in [1.807, 2.05) is 0 Å². The van der Waals surface area contributed by atoms with E-state index in [2.05, 4.69) is 6.58 Å². The Bertz CT molecular complexity index is 591. The number of benzene rings is 1. The fourth-order valence-electron chi connectivity index (χ4n) is 2.24. The molecule has 124 valence electrons. The van der Waals surface area contributed by atoms with Crippen molar-refractivity contribution in [3.8, 4) is 0 Å². The summed E-state index contributed by atoms with van der Waals surface area (Å²) in [6.07, 6.45) is 4.74. The number of carbonyl (C=O) groups is 3. The van der Waals surface area contributed by atoms with E-state index < -0.39 is 17.9 Å². The van der Waals surface area contributed by atoms with Crippen LogP contribution in [0.3, 0.4) is 0 Å². The van der Waals surface area contributed by atoms with Gasteiger partial charge in [0.1, 0.15) is 0 Å². The summed E-state index contributed by atoms with van der Waals surface area (Å²) in [5.41, 5.74) is 0.196. The van der Waals surface area contributed by atoms with E-state index in [4.69, 9.17) is 9.84 Å². The van der Waals surface area contributed by atoms with Crippen LogP contribution in [-0.4, -0.2) is 34.7 Å². The van der Waals surface area contributed by atoms with Crippen LogP contribution in [0.2, 0.25) is 0 Å². The number of carbonyl (C=O) groups excluding carboxylic acids is 1. The highest BCUT2D eigenvalue weighted by molar-refractivity contribution is 6.02. The van der Waals surface area contributed by atoms with Gasteiger partial charge in [0, 0.05) is 6.08 Å². The van der Waals surface area contributed by atoms with Gasteiger partial charge in [-0.3, -0.25) is 0 Å². The fourth-order valence-corrected chi connectivity index (χ4v) is 2.24. The first-order valence-corrected chi connectivity index (χ1v) is 7.35. The van der Waals surface area contributed by atoms with E-state index in [0.29, 0.717) is 18.6 Å². The summed E-state index contributed by atoms with van der Waals surface area (Å²) in [4.78, 5) is 33.2. The third-order valence-corrected chi connectivity index (χ3v) is 3.35. The number of rotatable bonds is 10. The van der Waals surface area contributed by atoms with Crippen molar-refractivity contribution >= 4 is 17.9 Å². The number of hydrogen-bond donors (Lipinski definition) is 2. The molecule has 0 saturated heterocycles. The van der Waals surface area contributed by atoms with E-state index in [1.165, 1.54) is 6.07 Å². The van der Waals surface area contributed by atoms with Gasteiger partial charge in [0.15, 0.2) is 0 Å². The Morgan fingerprint density at radius 2 is 1.74 bits per heavy atom. The van der Waals surface area contributed by atoms with Crippen LogP contribution in [0.25, 0.3) is 0 Å². The van der Waals surface area contributed by atoms with Crippen LogP contribution in [0.1, 0.15) is 52.0 Å². The molecule has 2 N–H and O–H groups in total. The molecule has 0 aliphatic carbocycles. The van der Waals surface area contributed by atoms with Crippen LogP contribution in [0.5, 0.6) is 0 Å². The topological polar surface area (TPSA) is 101 Å². The van der Waals surface area contributed by atoms with Gasteiger partial charge in [-0.15, -0.1) is 0 Å². The third-order valence-electron chi connectivity index (χ3n) is 3.35. The number of carboxylic acids is 2. The number of hydrogen-bond acceptors (Lipinski definition) is 4. The second-order valence-corrected chi connectivity index (χ2v) is 4.99. The Kier molecular flexibility index (Phi) is 7.53. The fraction of sp³-hybridized carbons (Fsp3) is 0.353. The minimum atomic E-state index is -1.24. The van der Waals surface area contributed by atoms with Crippen LogP contribution >= 0.6 is 0 Å². The Hall–Kier alpha value is -2.63. The predicted octanol–water partition coefficient (Wildman–Crippen LogP) is 2.92. The van der Waals surface area contributed by atoms with Crippen LogP contribution < -0.4 is 0 Å². The molecule has 0 bridgehead atoms. The molecule has 6 heteroatoms. The van der Waals surface area contributed by atoms with Crippen LogP contribution in [-0.2, 0) is 16.0 Å². The lowest BCUT2D eigenvalue weighted by Gasteiger charge is -2.09. The lowest BCUT2D eigenvalue weighted by molar-refractivity contribution is -0.137. The van der Waals surface area contributed by atoms with Gasteiger partial charge < -0.3 is 14.9 Å². The molecular weight excluding hydrogens is 300 g/mol. The van der Waals surface area contributed by atoms with E-state index in [-0.39, 0.29) is 11.1 Å². The van der Waals surface area contributed by atoms with Crippen molar-refractivity contribution in [3.63, 3.8) is 0 Å². The van der Waals surface area contributed by atoms with Crippen molar-refractivity contribution in [1.82, 2.24) is 0 Å². The Balaban J connectivity index is 2.48. The van der Waals surface area contributed by atoms with E-state index in [0.717, 1.165) is 31.8 Å². The quantitative estimate of drug-likeness (QED) is 0.390. The number of esters is 1. The van der Waals surface area contributed by atoms with E-state index >= 15 is 0 Å². The van der Waals surface area contributed by atoms with Crippen molar-refractivity contribution in [2.45, 2.75) is 32.1 Å². The number of aryl methyl sites for hydroxylation is 1. The number of unbranched alkanes of at least 4 members (excludes halogenated alkanes) is 3. The number of carboxylic acid groups (broad SMARTS) is 2. The molecule has 1 aromatic carbocycles. The van der Waals surface area contributed by atoms with Gasteiger partial charge in [-0.05, 0) is 30.9 Å². The first kappa shape index (κ1) is 18.4. The molecule has 1 rings (SSSR count). The SMILES string of the molecule is C=CC(=O)OCCCCCCc1cccc(C(=O)O)c1C(=O)O. The molecule has 23 heavy (non-hydrogen) atoms. The highest BCUT2D eigenvalue weighted by Gasteiger charge is 2.19. The molecule has 0 aliphatic rings. The molecular formula is C17H20O6. The molecule has 1 aromatic rings. The van der Waals surface area contributed by atoms with Crippen molar-refractivity contribution in [2.75, 3.05) is 6.61 Å². The van der Waals surface area contributed by atoms with Gasteiger partial charge in [-0.1, -0.05) is 31.6 Å². The van der Waals surface area contributed by atoms with Gasteiger partial charge >= 0.3 is 17.9 Å². The molecule has 0 amide bonds. The van der Waals surface area contributed by atoms with Gasteiger partial charge in [0.05, 0.1) is 17.7 Å². The maximum atomic E-state index is 11.3. The molecule has 6 nitrogen and oxygen atoms in total. The summed E-state index contributed by atoms with van der Waals surface area (Å²) in [5.74, 6) is -2.91. The van der Waals surface area contributed by atoms with E-state index in [9.17, 15) is 19.5 Å². The maximum absolute atomic E-state index is 11.3.